The Morgan fingerprint density at radius 1 is 1.10 bits per heavy atom. The molecule has 1 aliphatic rings. The van der Waals surface area contributed by atoms with Gasteiger partial charge in [0.05, 0.1) is 11.4 Å². The summed E-state index contributed by atoms with van der Waals surface area (Å²) in [5, 5.41) is 11.4. The molecular formula is C22H22BrN5O2. The lowest BCUT2D eigenvalue weighted by Crippen LogP contribution is -2.25. The molecule has 1 aliphatic carbocycles. The van der Waals surface area contributed by atoms with Gasteiger partial charge in [0.2, 0.25) is 0 Å². The summed E-state index contributed by atoms with van der Waals surface area (Å²) in [7, 11) is 3.44. The fraction of sp³-hybridized carbons (Fsp3) is 0.273. The van der Waals surface area contributed by atoms with Crippen molar-refractivity contribution in [1.29, 1.82) is 0 Å². The first-order valence-electron chi connectivity index (χ1n) is 9.74. The van der Waals surface area contributed by atoms with Gasteiger partial charge >= 0.3 is 0 Å². The summed E-state index contributed by atoms with van der Waals surface area (Å²) in [6, 6.07) is 15.0. The fourth-order valence-electron chi connectivity index (χ4n) is 3.24. The molecule has 2 amide bonds. The summed E-state index contributed by atoms with van der Waals surface area (Å²) in [5.74, 6) is 0.0126. The third kappa shape index (κ3) is 4.28. The maximum Gasteiger partial charge on any atom is 0.274 e. The molecule has 0 spiro atoms. The Bertz CT molecular complexity index is 1070. The van der Waals surface area contributed by atoms with E-state index >= 15 is 0 Å². The zero-order chi connectivity index (χ0) is 21.3. The average molecular weight is 468 g/mol. The lowest BCUT2D eigenvalue weighted by molar-refractivity contribution is 0.0827. The lowest BCUT2D eigenvalue weighted by Gasteiger charge is -2.11. The summed E-state index contributed by atoms with van der Waals surface area (Å²) in [6.45, 7) is 0.352. The van der Waals surface area contributed by atoms with Gasteiger partial charge in [0.25, 0.3) is 11.8 Å². The zero-order valence-corrected chi connectivity index (χ0v) is 18.4. The second-order valence-corrected chi connectivity index (χ2v) is 8.48. The van der Waals surface area contributed by atoms with Crippen molar-refractivity contribution in [3.05, 3.63) is 75.5 Å². The molecule has 1 fully saturated rings. The van der Waals surface area contributed by atoms with Gasteiger partial charge < -0.3 is 10.2 Å². The van der Waals surface area contributed by atoms with Crippen LogP contribution in [-0.2, 0) is 6.54 Å². The first kappa shape index (κ1) is 20.3. The minimum atomic E-state index is -0.242. The van der Waals surface area contributed by atoms with E-state index in [1.165, 1.54) is 4.90 Å². The molecular weight excluding hydrogens is 446 g/mol. The quantitative estimate of drug-likeness (QED) is 0.600. The predicted octanol–water partition coefficient (Wildman–Crippen LogP) is 3.54. The first-order valence-corrected chi connectivity index (χ1v) is 10.5. The Morgan fingerprint density at radius 2 is 1.77 bits per heavy atom. The molecule has 7 nitrogen and oxygen atoms in total. The molecule has 154 valence electrons. The Morgan fingerprint density at radius 3 is 2.37 bits per heavy atom. The van der Waals surface area contributed by atoms with Gasteiger partial charge in [-0.05, 0) is 54.8 Å². The number of nitrogens with zero attached hydrogens (tertiary/aromatic N) is 4. The van der Waals surface area contributed by atoms with Gasteiger partial charge in [0.15, 0.2) is 5.69 Å². The highest BCUT2D eigenvalue weighted by Crippen LogP contribution is 2.42. The highest BCUT2D eigenvalue weighted by molar-refractivity contribution is 9.10. The minimum absolute atomic E-state index is 0.0517. The maximum absolute atomic E-state index is 12.8. The Balaban J connectivity index is 1.49. The summed E-state index contributed by atoms with van der Waals surface area (Å²) in [6.07, 6.45) is 2.07. The van der Waals surface area contributed by atoms with Crippen molar-refractivity contribution in [2.75, 3.05) is 14.1 Å². The Kier molecular flexibility index (Phi) is 5.67. The average Bonchev–Trinajstić information content (AvgIpc) is 3.50. The van der Waals surface area contributed by atoms with Crippen LogP contribution >= 0.6 is 15.9 Å². The fourth-order valence-corrected chi connectivity index (χ4v) is 3.50. The van der Waals surface area contributed by atoms with E-state index in [4.69, 9.17) is 0 Å². The van der Waals surface area contributed by atoms with Gasteiger partial charge in [0, 0.05) is 36.6 Å². The lowest BCUT2D eigenvalue weighted by atomic mass is 10.1. The van der Waals surface area contributed by atoms with E-state index in [9.17, 15) is 9.59 Å². The van der Waals surface area contributed by atoms with Crippen molar-refractivity contribution in [1.82, 2.24) is 25.2 Å². The number of rotatable bonds is 6. The minimum Gasteiger partial charge on any atom is -0.347 e. The van der Waals surface area contributed by atoms with Crippen LogP contribution in [0.4, 0.5) is 0 Å². The molecule has 1 saturated carbocycles. The van der Waals surface area contributed by atoms with Crippen molar-refractivity contribution in [2.24, 2.45) is 0 Å². The number of halogens is 1. The van der Waals surface area contributed by atoms with Crippen molar-refractivity contribution in [2.45, 2.75) is 25.3 Å². The van der Waals surface area contributed by atoms with Crippen LogP contribution in [0.2, 0.25) is 0 Å². The van der Waals surface area contributed by atoms with Gasteiger partial charge in [-0.25, -0.2) is 4.68 Å². The predicted molar refractivity (Wildman–Crippen MR) is 117 cm³/mol. The molecule has 8 heteroatoms. The van der Waals surface area contributed by atoms with Crippen LogP contribution in [0.1, 0.15) is 50.9 Å². The number of benzene rings is 2. The number of nitrogens with one attached hydrogen (secondary N) is 1. The van der Waals surface area contributed by atoms with Crippen molar-refractivity contribution < 1.29 is 9.59 Å². The Labute approximate surface area is 183 Å². The van der Waals surface area contributed by atoms with Crippen LogP contribution in [0.5, 0.6) is 0 Å². The van der Waals surface area contributed by atoms with E-state index in [0.717, 1.165) is 34.3 Å². The normalized spacial score (nSPS) is 13.2. The molecule has 2 aromatic carbocycles. The van der Waals surface area contributed by atoms with Crippen LogP contribution in [0.25, 0.3) is 5.69 Å². The molecule has 1 N–H and O–H groups in total. The van der Waals surface area contributed by atoms with E-state index in [0.29, 0.717) is 23.7 Å². The van der Waals surface area contributed by atoms with E-state index in [1.807, 2.05) is 36.4 Å². The van der Waals surface area contributed by atoms with Crippen LogP contribution in [-0.4, -0.2) is 45.8 Å². The van der Waals surface area contributed by atoms with Gasteiger partial charge in [0.1, 0.15) is 0 Å². The SMILES string of the molecule is CN(C)C(=O)c1ccc(CNC(=O)c2nnn(-c3ccc(Br)cc3)c2C2CC2)cc1. The van der Waals surface area contributed by atoms with Gasteiger partial charge in [-0.15, -0.1) is 5.10 Å². The molecule has 0 radical (unpaired) electrons. The molecule has 0 atom stereocenters. The second-order valence-electron chi connectivity index (χ2n) is 7.56. The molecule has 1 heterocycles. The van der Waals surface area contributed by atoms with E-state index in [-0.39, 0.29) is 11.8 Å². The number of aromatic nitrogens is 3. The van der Waals surface area contributed by atoms with Crippen LogP contribution < -0.4 is 5.32 Å². The number of hydrogen-bond donors (Lipinski definition) is 1. The summed E-state index contributed by atoms with van der Waals surface area (Å²) in [4.78, 5) is 26.4. The molecule has 4 rings (SSSR count). The van der Waals surface area contributed by atoms with E-state index < -0.39 is 0 Å². The van der Waals surface area contributed by atoms with Crippen LogP contribution in [0.3, 0.4) is 0 Å². The van der Waals surface area contributed by atoms with Crippen molar-refractivity contribution in [3.8, 4) is 5.69 Å². The van der Waals surface area contributed by atoms with E-state index in [2.05, 4.69) is 31.6 Å². The van der Waals surface area contributed by atoms with E-state index in [1.54, 1.807) is 30.9 Å². The number of hydrogen-bond acceptors (Lipinski definition) is 4. The zero-order valence-electron chi connectivity index (χ0n) is 16.8. The first-order chi connectivity index (χ1) is 14.4. The van der Waals surface area contributed by atoms with Crippen molar-refractivity contribution >= 4 is 27.7 Å². The molecule has 0 saturated heterocycles. The van der Waals surface area contributed by atoms with Gasteiger partial charge in [-0.1, -0.05) is 33.3 Å². The summed E-state index contributed by atoms with van der Waals surface area (Å²) in [5.41, 5.74) is 3.64. The molecule has 3 aromatic rings. The monoisotopic (exact) mass is 467 g/mol. The van der Waals surface area contributed by atoms with Gasteiger partial charge in [-0.2, -0.15) is 0 Å². The molecule has 0 bridgehead atoms. The number of carbonyl (C=O) groups is 2. The standard InChI is InChI=1S/C22H22BrN5O2/c1-27(2)22(30)16-5-3-14(4-6-16)13-24-21(29)19-20(15-7-8-15)28(26-25-19)18-11-9-17(23)10-12-18/h3-6,9-12,15H,7-8,13H2,1-2H3,(H,24,29). The molecule has 0 aliphatic heterocycles. The maximum atomic E-state index is 12.8. The largest absolute Gasteiger partial charge is 0.347 e. The third-order valence-corrected chi connectivity index (χ3v) is 5.54. The van der Waals surface area contributed by atoms with Crippen molar-refractivity contribution in [3.63, 3.8) is 0 Å². The van der Waals surface area contributed by atoms with Crippen LogP contribution in [0, 0.1) is 0 Å². The third-order valence-electron chi connectivity index (χ3n) is 5.02. The highest BCUT2D eigenvalue weighted by atomic mass is 79.9. The smallest absolute Gasteiger partial charge is 0.274 e. The summed E-state index contributed by atoms with van der Waals surface area (Å²) < 4.78 is 2.75. The van der Waals surface area contributed by atoms with Crippen LogP contribution in [0.15, 0.2) is 53.0 Å². The van der Waals surface area contributed by atoms with Gasteiger partial charge in [-0.3, -0.25) is 9.59 Å². The number of amides is 2. The topological polar surface area (TPSA) is 80.1 Å². The molecule has 0 unspecified atom stereocenters. The number of carbonyl (C=O) groups excluding carboxylic acids is 2. The second kappa shape index (κ2) is 8.39. The Hall–Kier alpha value is -3.00. The summed E-state index contributed by atoms with van der Waals surface area (Å²) >= 11 is 3.44. The highest BCUT2D eigenvalue weighted by Gasteiger charge is 2.34. The molecule has 1 aromatic heterocycles. The molecule has 30 heavy (non-hydrogen) atoms.